The Morgan fingerprint density at radius 3 is 1.88 bits per heavy atom. The molecule has 2 atom stereocenters. The van der Waals surface area contributed by atoms with Crippen LogP contribution in [0.1, 0.15) is 112 Å². The zero-order chi connectivity index (χ0) is 30.3. The van der Waals surface area contributed by atoms with Crippen LogP contribution in [0.4, 0.5) is 4.79 Å². The van der Waals surface area contributed by atoms with Crippen LogP contribution in [0.5, 0.6) is 11.5 Å². The Hall–Kier alpha value is -3.14. The molecule has 0 aliphatic heterocycles. The molecule has 40 heavy (non-hydrogen) atoms. The lowest BCUT2D eigenvalue weighted by Crippen LogP contribution is -2.60. The van der Waals surface area contributed by atoms with Crippen molar-refractivity contribution in [3.05, 3.63) is 23.8 Å². The topological polar surface area (TPSA) is 137 Å². The van der Waals surface area contributed by atoms with Crippen LogP contribution in [-0.4, -0.2) is 46.5 Å². The summed E-state index contributed by atoms with van der Waals surface area (Å²) in [4.78, 5) is 50.1. The van der Waals surface area contributed by atoms with Crippen molar-refractivity contribution >= 4 is 24.1 Å². The Morgan fingerprint density at radius 1 is 0.850 bits per heavy atom. The molecule has 0 aliphatic rings. The van der Waals surface area contributed by atoms with Gasteiger partial charge >= 0.3 is 24.1 Å². The molecule has 0 amide bonds. The van der Waals surface area contributed by atoms with Crippen LogP contribution in [0.25, 0.3) is 0 Å². The predicted molar refractivity (Wildman–Crippen MR) is 150 cm³/mol. The van der Waals surface area contributed by atoms with Crippen molar-refractivity contribution in [1.29, 1.82) is 0 Å². The summed E-state index contributed by atoms with van der Waals surface area (Å²) in [6.45, 7) is 12.6. The van der Waals surface area contributed by atoms with E-state index in [1.807, 2.05) is 20.8 Å². The smallest absolute Gasteiger partial charge is 0.477 e. The first-order valence-electron chi connectivity index (χ1n) is 14.2. The largest absolute Gasteiger partial charge is 0.511 e. The minimum absolute atomic E-state index is 0.0112. The molecule has 0 radical (unpaired) electrons. The molecule has 0 fully saturated rings. The van der Waals surface area contributed by atoms with Gasteiger partial charge in [0.25, 0.3) is 5.72 Å². The van der Waals surface area contributed by atoms with Gasteiger partial charge in [-0.1, -0.05) is 52.5 Å². The van der Waals surface area contributed by atoms with Gasteiger partial charge < -0.3 is 24.1 Å². The van der Waals surface area contributed by atoms with Crippen LogP contribution in [0.15, 0.2) is 18.2 Å². The van der Waals surface area contributed by atoms with Crippen molar-refractivity contribution in [3.63, 3.8) is 0 Å². The Labute approximate surface area is 238 Å². The fraction of sp³-hybridized carbons (Fsp3) is 0.667. The summed E-state index contributed by atoms with van der Waals surface area (Å²) < 4.78 is 21.7. The van der Waals surface area contributed by atoms with E-state index in [0.717, 1.165) is 25.7 Å². The van der Waals surface area contributed by atoms with E-state index in [1.165, 1.54) is 18.2 Å². The minimum atomic E-state index is -2.18. The number of hydrogen-bond donors (Lipinski definition) is 2. The number of esters is 2. The molecule has 2 N–H and O–H groups in total. The maximum atomic E-state index is 12.6. The third-order valence-corrected chi connectivity index (χ3v) is 5.96. The number of carboxylic acid groups (broad SMARTS) is 1. The average molecular weight is 566 g/mol. The normalized spacial score (nSPS) is 13.6. The third kappa shape index (κ3) is 12.8. The van der Waals surface area contributed by atoms with Crippen molar-refractivity contribution in [2.75, 3.05) is 0 Å². The maximum Gasteiger partial charge on any atom is 0.511 e. The Balaban J connectivity index is 3.40. The predicted octanol–water partition coefficient (Wildman–Crippen LogP) is 6.32. The molecule has 10 heteroatoms. The zero-order valence-corrected chi connectivity index (χ0v) is 25.1. The third-order valence-electron chi connectivity index (χ3n) is 5.96. The molecule has 0 bridgehead atoms. The van der Waals surface area contributed by atoms with Gasteiger partial charge in [-0.05, 0) is 64.7 Å². The number of nitrogens with one attached hydrogen (secondary N) is 1. The highest BCUT2D eigenvalue weighted by Gasteiger charge is 2.45. The number of carbonyl (C=O) groups is 4. The Kier molecular flexibility index (Phi) is 14.7. The van der Waals surface area contributed by atoms with E-state index < -0.39 is 35.4 Å². The highest BCUT2D eigenvalue weighted by atomic mass is 16.8. The molecule has 1 aromatic carbocycles. The van der Waals surface area contributed by atoms with Gasteiger partial charge in [0.1, 0.15) is 5.60 Å². The lowest BCUT2D eigenvalue weighted by molar-refractivity contribution is -0.169. The average Bonchev–Trinajstić information content (AvgIpc) is 2.84. The molecule has 10 nitrogen and oxygen atoms in total. The van der Waals surface area contributed by atoms with Crippen molar-refractivity contribution in [1.82, 2.24) is 5.32 Å². The molecule has 0 aromatic heterocycles. The van der Waals surface area contributed by atoms with Gasteiger partial charge in [0.05, 0.1) is 0 Å². The van der Waals surface area contributed by atoms with E-state index in [-0.39, 0.29) is 36.8 Å². The van der Waals surface area contributed by atoms with Crippen LogP contribution >= 0.6 is 0 Å². The molecular formula is C30H47NO9. The second-order valence-electron chi connectivity index (χ2n) is 11.0. The lowest BCUT2D eigenvalue weighted by atomic mass is 10.00. The first-order valence-corrected chi connectivity index (χ1v) is 14.2. The number of aliphatic carboxylic acids is 1. The lowest BCUT2D eigenvalue weighted by Gasteiger charge is -2.33. The van der Waals surface area contributed by atoms with E-state index in [2.05, 4.69) is 5.32 Å². The highest BCUT2D eigenvalue weighted by Crippen LogP contribution is 2.32. The molecule has 1 rings (SSSR count). The van der Waals surface area contributed by atoms with Gasteiger partial charge in [0.2, 0.25) is 0 Å². The molecule has 0 spiro atoms. The maximum absolute atomic E-state index is 12.6. The summed E-state index contributed by atoms with van der Waals surface area (Å²) in [6.07, 6.45) is 4.41. The number of hydrogen-bond acceptors (Lipinski definition) is 9. The second kappa shape index (κ2) is 16.8. The molecule has 0 saturated carbocycles. The monoisotopic (exact) mass is 565 g/mol. The molecule has 1 aromatic rings. The van der Waals surface area contributed by atoms with E-state index in [1.54, 1.807) is 27.7 Å². The van der Waals surface area contributed by atoms with Crippen LogP contribution < -0.4 is 14.8 Å². The van der Waals surface area contributed by atoms with Crippen LogP contribution in [-0.2, 0) is 30.3 Å². The standard InChI is InChI=1S/C30H47NO9/c1-8-11-13-15-25(32)37-23-18-17-22(19-24(23)38-26(33)16-14-12-9-2)20-30(27(34)35,31-21(4)10-3)40-28(36)39-29(5,6)7/h17-19,21,31H,8-16,20H2,1-7H3,(H,34,35)/t21?,30-/m0/s1. The van der Waals surface area contributed by atoms with Gasteiger partial charge in [-0.25, -0.2) is 9.59 Å². The second-order valence-corrected chi connectivity index (χ2v) is 11.0. The van der Waals surface area contributed by atoms with Crippen LogP contribution in [0.2, 0.25) is 0 Å². The minimum Gasteiger partial charge on any atom is -0.477 e. The van der Waals surface area contributed by atoms with Crippen LogP contribution in [0, 0.1) is 0 Å². The van der Waals surface area contributed by atoms with E-state index in [0.29, 0.717) is 24.8 Å². The number of benzene rings is 1. The van der Waals surface area contributed by atoms with E-state index >= 15 is 0 Å². The number of rotatable bonds is 17. The van der Waals surface area contributed by atoms with Crippen LogP contribution in [0.3, 0.4) is 0 Å². The van der Waals surface area contributed by atoms with Crippen molar-refractivity contribution < 1.29 is 43.2 Å². The quantitative estimate of drug-likeness (QED) is 0.0955. The van der Waals surface area contributed by atoms with Crippen molar-refractivity contribution in [3.8, 4) is 11.5 Å². The molecule has 1 unspecified atom stereocenters. The fourth-order valence-electron chi connectivity index (χ4n) is 3.71. The van der Waals surface area contributed by atoms with Crippen molar-refractivity contribution in [2.24, 2.45) is 0 Å². The van der Waals surface area contributed by atoms with Gasteiger partial charge in [-0.3, -0.25) is 14.9 Å². The number of ether oxygens (including phenoxy) is 4. The summed E-state index contributed by atoms with van der Waals surface area (Å²) in [7, 11) is 0. The van der Waals surface area contributed by atoms with E-state index in [9.17, 15) is 24.3 Å². The molecule has 0 aliphatic carbocycles. The summed E-state index contributed by atoms with van der Waals surface area (Å²) >= 11 is 0. The Bertz CT molecular complexity index is 986. The summed E-state index contributed by atoms with van der Waals surface area (Å²) in [6, 6.07) is 4.08. The summed E-state index contributed by atoms with van der Waals surface area (Å²) in [5.74, 6) is -2.35. The molecule has 226 valence electrons. The zero-order valence-electron chi connectivity index (χ0n) is 25.1. The van der Waals surface area contributed by atoms with Gasteiger partial charge in [0, 0.05) is 25.3 Å². The van der Waals surface area contributed by atoms with Gasteiger partial charge in [-0.2, -0.15) is 0 Å². The molecular weight excluding hydrogens is 518 g/mol. The number of unbranched alkanes of at least 4 members (excludes halogenated alkanes) is 4. The number of carbonyl (C=O) groups excluding carboxylic acids is 3. The first-order chi connectivity index (χ1) is 18.7. The summed E-state index contributed by atoms with van der Waals surface area (Å²) in [5, 5.41) is 13.1. The summed E-state index contributed by atoms with van der Waals surface area (Å²) in [5.41, 5.74) is -2.72. The molecule has 0 heterocycles. The number of carboxylic acids is 1. The van der Waals surface area contributed by atoms with E-state index in [4.69, 9.17) is 18.9 Å². The first kappa shape index (κ1) is 34.9. The molecule has 0 saturated heterocycles. The Morgan fingerprint density at radius 2 is 1.40 bits per heavy atom. The van der Waals surface area contributed by atoms with Gasteiger partial charge in [0.15, 0.2) is 11.5 Å². The van der Waals surface area contributed by atoms with Crippen molar-refractivity contribution in [2.45, 2.75) is 130 Å². The SMILES string of the molecule is CCCCCC(=O)Oc1ccc(C[C@](NC(C)CC)(OC(=O)OC(C)(C)C)C(=O)O)cc1OC(=O)CCCCC. The van der Waals surface area contributed by atoms with Gasteiger partial charge in [-0.15, -0.1) is 0 Å². The highest BCUT2D eigenvalue weighted by molar-refractivity contribution is 5.81. The fourth-order valence-corrected chi connectivity index (χ4v) is 3.71.